The molecule has 24 heavy (non-hydrogen) atoms. The van der Waals surface area contributed by atoms with Gasteiger partial charge in [0.25, 0.3) is 5.91 Å². The first-order valence-electron chi connectivity index (χ1n) is 7.41. The Hall–Kier alpha value is -1.93. The van der Waals surface area contributed by atoms with E-state index >= 15 is 0 Å². The molecule has 1 amide bonds. The molecule has 3 heterocycles. The van der Waals surface area contributed by atoms with E-state index in [1.54, 1.807) is 29.4 Å². The number of aromatic amines is 1. The minimum absolute atomic E-state index is 0.0857. The highest BCUT2D eigenvalue weighted by molar-refractivity contribution is 9.10. The van der Waals surface area contributed by atoms with E-state index in [-0.39, 0.29) is 5.91 Å². The van der Waals surface area contributed by atoms with Crippen LogP contribution in [0.5, 0.6) is 0 Å². The fourth-order valence-electron chi connectivity index (χ4n) is 2.65. The van der Waals surface area contributed by atoms with Crippen molar-refractivity contribution < 1.29 is 4.79 Å². The minimum Gasteiger partial charge on any atom is -0.335 e. The lowest BCUT2D eigenvalue weighted by Gasteiger charge is -2.14. The molecule has 8 heteroatoms. The number of thiophene rings is 1. The molecule has 0 saturated heterocycles. The highest BCUT2D eigenvalue weighted by Crippen LogP contribution is 2.26. The second-order valence-electron chi connectivity index (χ2n) is 5.73. The zero-order chi connectivity index (χ0) is 17.4. The molecule has 0 spiro atoms. The van der Waals surface area contributed by atoms with Crippen LogP contribution >= 0.6 is 27.3 Å². The third-order valence-electron chi connectivity index (χ3n) is 3.93. The van der Waals surface area contributed by atoms with Crippen molar-refractivity contribution in [2.45, 2.75) is 20.4 Å². The van der Waals surface area contributed by atoms with Crippen LogP contribution in [0.1, 0.15) is 26.8 Å². The molecule has 0 aliphatic rings. The fourth-order valence-corrected chi connectivity index (χ4v) is 4.15. The molecule has 0 aliphatic heterocycles. The number of aromatic nitrogens is 4. The summed E-state index contributed by atoms with van der Waals surface area (Å²) < 4.78 is 2.86. The Labute approximate surface area is 152 Å². The first-order chi connectivity index (χ1) is 11.4. The van der Waals surface area contributed by atoms with Gasteiger partial charge in [-0.25, -0.2) is 0 Å². The first-order valence-corrected chi connectivity index (χ1v) is 9.08. The second-order valence-corrected chi connectivity index (χ2v) is 7.64. The Morgan fingerprint density at radius 3 is 2.75 bits per heavy atom. The molecule has 0 atom stereocenters. The summed E-state index contributed by atoms with van der Waals surface area (Å²) in [7, 11) is 3.69. The molecule has 0 radical (unpaired) electrons. The van der Waals surface area contributed by atoms with E-state index in [4.69, 9.17) is 0 Å². The van der Waals surface area contributed by atoms with Crippen LogP contribution < -0.4 is 0 Å². The lowest BCUT2D eigenvalue weighted by molar-refractivity contribution is 0.0780. The molecule has 3 rings (SSSR count). The van der Waals surface area contributed by atoms with Gasteiger partial charge in [-0.05, 0) is 41.9 Å². The number of hydrogen-bond acceptors (Lipinski definition) is 4. The van der Waals surface area contributed by atoms with Gasteiger partial charge in [0.2, 0.25) is 0 Å². The van der Waals surface area contributed by atoms with Crippen molar-refractivity contribution in [3.05, 3.63) is 43.9 Å². The average molecular weight is 408 g/mol. The third-order valence-corrected chi connectivity index (χ3v) is 5.62. The molecule has 3 aromatic heterocycles. The van der Waals surface area contributed by atoms with Gasteiger partial charge in [-0.2, -0.15) is 10.2 Å². The number of rotatable bonds is 4. The van der Waals surface area contributed by atoms with E-state index in [1.165, 1.54) is 0 Å². The van der Waals surface area contributed by atoms with Gasteiger partial charge in [0.05, 0.1) is 17.9 Å². The summed E-state index contributed by atoms with van der Waals surface area (Å²) in [5.74, 6) is -0.0857. The monoisotopic (exact) mass is 407 g/mol. The van der Waals surface area contributed by atoms with E-state index in [0.29, 0.717) is 12.2 Å². The van der Waals surface area contributed by atoms with Gasteiger partial charge in [0.1, 0.15) is 5.69 Å². The summed E-state index contributed by atoms with van der Waals surface area (Å²) in [6.45, 7) is 4.50. The first kappa shape index (κ1) is 16.9. The van der Waals surface area contributed by atoms with Gasteiger partial charge in [-0.3, -0.25) is 14.6 Å². The van der Waals surface area contributed by atoms with Crippen LogP contribution in [0.3, 0.4) is 0 Å². The number of carbonyl (C=O) groups is 1. The van der Waals surface area contributed by atoms with Crippen LogP contribution in [0.15, 0.2) is 22.0 Å². The maximum Gasteiger partial charge on any atom is 0.271 e. The van der Waals surface area contributed by atoms with Crippen molar-refractivity contribution in [2.24, 2.45) is 7.05 Å². The van der Waals surface area contributed by atoms with Crippen LogP contribution in [-0.2, 0) is 13.6 Å². The predicted octanol–water partition coefficient (Wildman–Crippen LogP) is 3.52. The maximum atomic E-state index is 12.6. The summed E-state index contributed by atoms with van der Waals surface area (Å²) in [5, 5.41) is 13.6. The zero-order valence-corrected chi connectivity index (χ0v) is 16.3. The van der Waals surface area contributed by atoms with E-state index in [2.05, 4.69) is 31.2 Å². The smallest absolute Gasteiger partial charge is 0.271 e. The maximum absolute atomic E-state index is 12.6. The Morgan fingerprint density at radius 1 is 1.42 bits per heavy atom. The van der Waals surface area contributed by atoms with Crippen molar-refractivity contribution in [1.82, 2.24) is 24.9 Å². The number of halogens is 1. The van der Waals surface area contributed by atoms with Crippen LogP contribution in [0.2, 0.25) is 0 Å². The number of hydrogen-bond donors (Lipinski definition) is 1. The topological polar surface area (TPSA) is 66.8 Å². The number of H-pyrrole nitrogens is 1. The molecule has 0 saturated carbocycles. The quantitative estimate of drug-likeness (QED) is 0.719. The van der Waals surface area contributed by atoms with Crippen LogP contribution in [0.4, 0.5) is 0 Å². The predicted molar refractivity (Wildman–Crippen MR) is 98.1 cm³/mol. The standard InChI is InChI=1S/C16H18BrN5OS/c1-9-15(10(2)22(4)20-9)13-6-14(19-18-13)16(23)21(3)7-12-5-11(17)8-24-12/h5-6,8H,7H2,1-4H3,(H,18,19). The lowest BCUT2D eigenvalue weighted by atomic mass is 10.1. The van der Waals surface area contributed by atoms with E-state index in [1.807, 2.05) is 37.0 Å². The van der Waals surface area contributed by atoms with Crippen molar-refractivity contribution in [3.63, 3.8) is 0 Å². The van der Waals surface area contributed by atoms with Crippen molar-refractivity contribution in [3.8, 4) is 11.3 Å². The Bertz CT molecular complexity index is 894. The number of nitrogens with one attached hydrogen (secondary N) is 1. The number of carbonyl (C=O) groups excluding carboxylic acids is 1. The molecule has 1 N–H and O–H groups in total. The molecular weight excluding hydrogens is 390 g/mol. The third kappa shape index (κ3) is 3.16. The van der Waals surface area contributed by atoms with Crippen LogP contribution in [0, 0.1) is 13.8 Å². The average Bonchev–Trinajstić information content (AvgIpc) is 3.20. The normalized spacial score (nSPS) is 11.0. The molecule has 0 bridgehead atoms. The van der Waals surface area contributed by atoms with Gasteiger partial charge >= 0.3 is 0 Å². The Morgan fingerprint density at radius 2 is 2.17 bits per heavy atom. The lowest BCUT2D eigenvalue weighted by Crippen LogP contribution is -2.26. The summed E-state index contributed by atoms with van der Waals surface area (Å²) >= 11 is 5.05. The summed E-state index contributed by atoms with van der Waals surface area (Å²) in [6.07, 6.45) is 0. The summed E-state index contributed by atoms with van der Waals surface area (Å²) in [4.78, 5) is 15.4. The summed E-state index contributed by atoms with van der Waals surface area (Å²) in [5.41, 5.74) is 4.12. The van der Waals surface area contributed by atoms with Crippen molar-refractivity contribution in [1.29, 1.82) is 0 Å². The van der Waals surface area contributed by atoms with Gasteiger partial charge in [0.15, 0.2) is 0 Å². The highest BCUT2D eigenvalue weighted by Gasteiger charge is 2.19. The molecule has 0 aliphatic carbocycles. The number of nitrogens with zero attached hydrogens (tertiary/aromatic N) is 4. The van der Waals surface area contributed by atoms with Gasteiger partial charge in [0, 0.05) is 40.1 Å². The summed E-state index contributed by atoms with van der Waals surface area (Å²) in [6, 6.07) is 3.81. The highest BCUT2D eigenvalue weighted by atomic mass is 79.9. The molecule has 0 aromatic carbocycles. The van der Waals surface area contributed by atoms with Crippen LogP contribution in [0.25, 0.3) is 11.3 Å². The van der Waals surface area contributed by atoms with Gasteiger partial charge in [-0.15, -0.1) is 11.3 Å². The zero-order valence-electron chi connectivity index (χ0n) is 13.9. The van der Waals surface area contributed by atoms with E-state index in [9.17, 15) is 4.79 Å². The number of amides is 1. The van der Waals surface area contributed by atoms with E-state index in [0.717, 1.165) is 32.0 Å². The number of aryl methyl sites for hydroxylation is 2. The molecule has 0 unspecified atom stereocenters. The van der Waals surface area contributed by atoms with Crippen LogP contribution in [-0.4, -0.2) is 37.8 Å². The molecule has 0 fully saturated rings. The van der Waals surface area contributed by atoms with Gasteiger partial charge in [-0.1, -0.05) is 0 Å². The van der Waals surface area contributed by atoms with Crippen molar-refractivity contribution >= 4 is 33.2 Å². The van der Waals surface area contributed by atoms with Crippen molar-refractivity contribution in [2.75, 3.05) is 7.05 Å². The largest absolute Gasteiger partial charge is 0.335 e. The van der Waals surface area contributed by atoms with E-state index < -0.39 is 0 Å². The Kier molecular flexibility index (Phi) is 4.60. The second kappa shape index (κ2) is 6.52. The molecule has 126 valence electrons. The van der Waals surface area contributed by atoms with Gasteiger partial charge < -0.3 is 4.90 Å². The molecule has 6 nitrogen and oxygen atoms in total. The Balaban J connectivity index is 1.80. The SMILES string of the molecule is Cc1nn(C)c(C)c1-c1cc(C(=O)N(C)Cc2cc(Br)cs2)[nH]n1. The molecule has 3 aromatic rings. The molecular formula is C16H18BrN5OS. The minimum atomic E-state index is -0.0857. The fraction of sp³-hybridized carbons (Fsp3) is 0.312.